The molecular weight excluding hydrogens is 270 g/mol. The first-order chi connectivity index (χ1) is 9.60. The fourth-order valence-electron chi connectivity index (χ4n) is 1.88. The molecule has 0 bridgehead atoms. The molecule has 1 aromatic carbocycles. The van der Waals surface area contributed by atoms with Gasteiger partial charge in [-0.3, -0.25) is 4.79 Å². The summed E-state index contributed by atoms with van der Waals surface area (Å²) in [6.45, 7) is 6.62. The second kappa shape index (κ2) is 6.52. The number of aromatic nitrogens is 1. The molecule has 1 unspecified atom stereocenters. The zero-order chi connectivity index (χ0) is 14.5. The number of amides is 1. The third kappa shape index (κ3) is 3.57. The van der Waals surface area contributed by atoms with Crippen molar-refractivity contribution < 1.29 is 4.79 Å². The lowest BCUT2D eigenvalue weighted by Crippen LogP contribution is -2.22. The van der Waals surface area contributed by atoms with Gasteiger partial charge in [0, 0.05) is 23.2 Å². The van der Waals surface area contributed by atoms with Gasteiger partial charge in [0.15, 0.2) is 0 Å². The first-order valence-electron chi connectivity index (χ1n) is 6.67. The molecule has 0 aliphatic carbocycles. The number of hydrogen-bond acceptors (Lipinski definition) is 4. The van der Waals surface area contributed by atoms with Gasteiger partial charge in [-0.05, 0) is 45.0 Å². The highest BCUT2D eigenvalue weighted by atomic mass is 32.1. The maximum absolute atomic E-state index is 11.7. The minimum absolute atomic E-state index is 0.0396. The molecule has 1 amide bonds. The Morgan fingerprint density at radius 3 is 2.60 bits per heavy atom. The average molecular weight is 289 g/mol. The number of carbonyl (C=O) groups excluding carboxylic acids is 1. The third-order valence-electron chi connectivity index (χ3n) is 2.95. The van der Waals surface area contributed by atoms with Crippen molar-refractivity contribution in [1.29, 1.82) is 0 Å². The summed E-state index contributed by atoms with van der Waals surface area (Å²) in [5.41, 5.74) is 2.70. The van der Waals surface area contributed by atoms with E-state index >= 15 is 0 Å². The first-order valence-corrected chi connectivity index (χ1v) is 7.55. The highest BCUT2D eigenvalue weighted by Gasteiger charge is 2.09. The van der Waals surface area contributed by atoms with Crippen LogP contribution in [0.25, 0.3) is 0 Å². The van der Waals surface area contributed by atoms with Crippen LogP contribution in [0.3, 0.4) is 0 Å². The van der Waals surface area contributed by atoms with Crippen LogP contribution in [-0.2, 0) is 0 Å². The maximum atomic E-state index is 11.7. The molecule has 0 radical (unpaired) electrons. The Labute approximate surface area is 123 Å². The Kier molecular flexibility index (Phi) is 4.74. The van der Waals surface area contributed by atoms with E-state index in [1.54, 1.807) is 11.3 Å². The number of nitrogens with zero attached hydrogens (tertiary/aromatic N) is 1. The van der Waals surface area contributed by atoms with Crippen LogP contribution in [0, 0.1) is 6.92 Å². The number of benzene rings is 1. The van der Waals surface area contributed by atoms with Crippen molar-refractivity contribution in [3.63, 3.8) is 0 Å². The Bertz CT molecular complexity index is 577. The summed E-state index contributed by atoms with van der Waals surface area (Å²) in [5.74, 6) is -0.0396. The number of anilines is 1. The third-order valence-corrected chi connectivity index (χ3v) is 3.74. The Morgan fingerprint density at radius 1 is 1.35 bits per heavy atom. The molecule has 5 heteroatoms. The van der Waals surface area contributed by atoms with Gasteiger partial charge in [0.2, 0.25) is 0 Å². The summed E-state index contributed by atoms with van der Waals surface area (Å²) in [4.78, 5) is 16.1. The molecule has 2 rings (SSSR count). The zero-order valence-electron chi connectivity index (χ0n) is 11.9. The van der Waals surface area contributed by atoms with Crippen molar-refractivity contribution in [3.05, 3.63) is 45.9 Å². The monoisotopic (exact) mass is 289 g/mol. The van der Waals surface area contributed by atoms with Crippen molar-refractivity contribution in [1.82, 2.24) is 10.3 Å². The number of thiazole rings is 1. The molecule has 106 valence electrons. The molecule has 0 spiro atoms. The van der Waals surface area contributed by atoms with Gasteiger partial charge >= 0.3 is 0 Å². The average Bonchev–Trinajstić information content (AvgIpc) is 2.86. The number of rotatable bonds is 5. The van der Waals surface area contributed by atoms with Gasteiger partial charge in [-0.15, -0.1) is 11.3 Å². The van der Waals surface area contributed by atoms with Crippen LogP contribution in [0.2, 0.25) is 0 Å². The molecule has 20 heavy (non-hydrogen) atoms. The van der Waals surface area contributed by atoms with Crippen molar-refractivity contribution >= 4 is 22.9 Å². The van der Waals surface area contributed by atoms with Crippen molar-refractivity contribution in [3.8, 4) is 0 Å². The lowest BCUT2D eigenvalue weighted by Gasteiger charge is -2.13. The molecule has 1 heterocycles. The molecule has 1 aromatic heterocycles. The molecule has 2 aromatic rings. The molecule has 1 atom stereocenters. The highest BCUT2D eigenvalue weighted by Crippen LogP contribution is 2.21. The quantitative estimate of drug-likeness (QED) is 0.887. The number of carbonyl (C=O) groups is 1. The van der Waals surface area contributed by atoms with Gasteiger partial charge in [-0.25, -0.2) is 4.98 Å². The lowest BCUT2D eigenvalue weighted by atomic mass is 10.1. The Balaban J connectivity index is 2.01. The van der Waals surface area contributed by atoms with Gasteiger partial charge in [0.25, 0.3) is 5.91 Å². The number of aryl methyl sites for hydroxylation is 1. The SMILES string of the molecule is CCNC(=O)c1ccc(NC(C)c2csc(C)n2)cc1. The molecule has 0 saturated carbocycles. The normalized spacial score (nSPS) is 11.9. The van der Waals surface area contributed by atoms with Crippen LogP contribution >= 0.6 is 11.3 Å². The number of hydrogen-bond donors (Lipinski definition) is 2. The van der Waals surface area contributed by atoms with Crippen LogP contribution in [-0.4, -0.2) is 17.4 Å². The van der Waals surface area contributed by atoms with E-state index in [0.29, 0.717) is 12.1 Å². The van der Waals surface area contributed by atoms with E-state index in [1.165, 1.54) is 0 Å². The predicted octanol–water partition coefficient (Wildman–Crippen LogP) is 3.37. The lowest BCUT2D eigenvalue weighted by molar-refractivity contribution is 0.0956. The van der Waals surface area contributed by atoms with Crippen LogP contribution in [0.5, 0.6) is 0 Å². The summed E-state index contributed by atoms with van der Waals surface area (Å²) in [7, 11) is 0. The van der Waals surface area contributed by atoms with Gasteiger partial charge < -0.3 is 10.6 Å². The molecule has 0 aliphatic rings. The Hall–Kier alpha value is -1.88. The standard InChI is InChI=1S/C15H19N3OS/c1-4-16-15(19)12-5-7-13(8-6-12)17-10(2)14-9-20-11(3)18-14/h5-10,17H,4H2,1-3H3,(H,16,19). The van der Waals surface area contributed by atoms with Gasteiger partial charge in [-0.2, -0.15) is 0 Å². The van der Waals surface area contributed by atoms with E-state index < -0.39 is 0 Å². The topological polar surface area (TPSA) is 54.0 Å². The Morgan fingerprint density at radius 2 is 2.05 bits per heavy atom. The van der Waals surface area contributed by atoms with E-state index in [1.807, 2.05) is 38.1 Å². The van der Waals surface area contributed by atoms with E-state index in [2.05, 4.69) is 27.9 Å². The first kappa shape index (κ1) is 14.5. The van der Waals surface area contributed by atoms with Crippen molar-refractivity contribution in [2.45, 2.75) is 26.8 Å². The molecule has 0 saturated heterocycles. The number of nitrogens with one attached hydrogen (secondary N) is 2. The van der Waals surface area contributed by atoms with Crippen LogP contribution in [0.4, 0.5) is 5.69 Å². The van der Waals surface area contributed by atoms with Gasteiger partial charge in [0.05, 0.1) is 16.7 Å². The second-order valence-corrected chi connectivity index (χ2v) is 5.66. The zero-order valence-corrected chi connectivity index (χ0v) is 12.8. The summed E-state index contributed by atoms with van der Waals surface area (Å²) < 4.78 is 0. The minimum Gasteiger partial charge on any atom is -0.377 e. The van der Waals surface area contributed by atoms with E-state index in [9.17, 15) is 4.79 Å². The molecular formula is C15H19N3OS. The fourth-order valence-corrected chi connectivity index (χ4v) is 2.59. The smallest absolute Gasteiger partial charge is 0.251 e. The second-order valence-electron chi connectivity index (χ2n) is 4.59. The van der Waals surface area contributed by atoms with Crippen LogP contribution < -0.4 is 10.6 Å². The van der Waals surface area contributed by atoms with Crippen molar-refractivity contribution in [2.24, 2.45) is 0 Å². The van der Waals surface area contributed by atoms with Gasteiger partial charge in [-0.1, -0.05) is 0 Å². The predicted molar refractivity (Wildman–Crippen MR) is 83.3 cm³/mol. The van der Waals surface area contributed by atoms with E-state index in [-0.39, 0.29) is 11.9 Å². The maximum Gasteiger partial charge on any atom is 0.251 e. The van der Waals surface area contributed by atoms with Gasteiger partial charge in [0.1, 0.15) is 0 Å². The summed E-state index contributed by atoms with van der Waals surface area (Å²) in [5, 5.41) is 9.30. The molecule has 4 nitrogen and oxygen atoms in total. The summed E-state index contributed by atoms with van der Waals surface area (Å²) in [6.07, 6.45) is 0. The van der Waals surface area contributed by atoms with Crippen LogP contribution in [0.15, 0.2) is 29.6 Å². The minimum atomic E-state index is -0.0396. The fraction of sp³-hybridized carbons (Fsp3) is 0.333. The van der Waals surface area contributed by atoms with Crippen LogP contribution in [0.1, 0.15) is 40.9 Å². The molecule has 0 aliphatic heterocycles. The van der Waals surface area contributed by atoms with Crippen molar-refractivity contribution in [2.75, 3.05) is 11.9 Å². The van der Waals surface area contributed by atoms with E-state index in [0.717, 1.165) is 16.4 Å². The molecule has 0 fully saturated rings. The highest BCUT2D eigenvalue weighted by molar-refractivity contribution is 7.09. The largest absolute Gasteiger partial charge is 0.377 e. The summed E-state index contributed by atoms with van der Waals surface area (Å²) >= 11 is 1.65. The molecule has 2 N–H and O–H groups in total. The van der Waals surface area contributed by atoms with E-state index in [4.69, 9.17) is 0 Å². The summed E-state index contributed by atoms with van der Waals surface area (Å²) in [6, 6.07) is 7.63.